The molecule has 1 saturated carbocycles. The zero-order valence-corrected chi connectivity index (χ0v) is 13.1. The van der Waals surface area contributed by atoms with Crippen LogP contribution in [0.4, 0.5) is 0 Å². The van der Waals surface area contributed by atoms with E-state index in [1.54, 1.807) is 0 Å². The molecule has 0 bridgehead atoms. The normalized spacial score (nSPS) is 22.3. The maximum atomic E-state index is 6.22. The van der Waals surface area contributed by atoms with Crippen LogP contribution in [-0.2, 0) is 0 Å². The molecule has 1 heteroatoms. The van der Waals surface area contributed by atoms with Gasteiger partial charge < -0.3 is 4.74 Å². The fourth-order valence-corrected chi connectivity index (χ4v) is 3.46. The fraction of sp³-hybridized carbons (Fsp3) is 0.500. The first-order chi connectivity index (χ1) is 10.3. The van der Waals surface area contributed by atoms with E-state index >= 15 is 0 Å². The van der Waals surface area contributed by atoms with Crippen LogP contribution in [0.25, 0.3) is 10.8 Å². The van der Waals surface area contributed by atoms with E-state index in [1.807, 2.05) is 0 Å². The molecule has 1 nitrogen and oxygen atoms in total. The molecular weight excluding hydrogens is 256 g/mol. The van der Waals surface area contributed by atoms with Crippen LogP contribution in [0.1, 0.15) is 51.9 Å². The van der Waals surface area contributed by atoms with Gasteiger partial charge in [0.1, 0.15) is 5.75 Å². The van der Waals surface area contributed by atoms with Crippen LogP contribution >= 0.6 is 0 Å². The van der Waals surface area contributed by atoms with Gasteiger partial charge in [-0.25, -0.2) is 0 Å². The summed E-state index contributed by atoms with van der Waals surface area (Å²) in [4.78, 5) is 0. The molecule has 0 unspecified atom stereocenters. The third-order valence-corrected chi connectivity index (χ3v) is 4.78. The van der Waals surface area contributed by atoms with E-state index in [1.165, 1.54) is 55.7 Å². The van der Waals surface area contributed by atoms with Crippen molar-refractivity contribution in [2.24, 2.45) is 5.92 Å². The summed E-state index contributed by atoms with van der Waals surface area (Å²) < 4.78 is 6.22. The molecule has 0 aromatic heterocycles. The van der Waals surface area contributed by atoms with E-state index in [2.05, 4.69) is 49.4 Å². The minimum atomic E-state index is 0.420. The molecule has 0 radical (unpaired) electrons. The Bertz CT molecular complexity index is 567. The molecule has 1 aliphatic rings. The second-order valence-electron chi connectivity index (χ2n) is 6.41. The number of rotatable bonds is 5. The lowest BCUT2D eigenvalue weighted by atomic mass is 9.84. The molecule has 1 fully saturated rings. The van der Waals surface area contributed by atoms with Gasteiger partial charge in [0.25, 0.3) is 0 Å². The third-order valence-electron chi connectivity index (χ3n) is 4.78. The minimum absolute atomic E-state index is 0.420. The van der Waals surface area contributed by atoms with E-state index < -0.39 is 0 Å². The molecule has 3 rings (SSSR count). The van der Waals surface area contributed by atoms with Crippen molar-refractivity contribution in [1.82, 2.24) is 0 Å². The summed E-state index contributed by atoms with van der Waals surface area (Å²) in [6.45, 7) is 2.29. The highest BCUT2D eigenvalue weighted by molar-refractivity contribution is 5.83. The Morgan fingerprint density at radius 3 is 2.48 bits per heavy atom. The average molecular weight is 282 g/mol. The number of benzene rings is 2. The monoisotopic (exact) mass is 282 g/mol. The number of fused-ring (bicyclic) bond motifs is 1. The van der Waals surface area contributed by atoms with E-state index in [-0.39, 0.29) is 0 Å². The molecule has 0 heterocycles. The molecule has 0 aliphatic heterocycles. The highest BCUT2D eigenvalue weighted by atomic mass is 16.5. The predicted octanol–water partition coefficient (Wildman–Crippen LogP) is 5.97. The summed E-state index contributed by atoms with van der Waals surface area (Å²) in [5.74, 6) is 1.98. The van der Waals surface area contributed by atoms with Crippen LogP contribution in [0.15, 0.2) is 42.5 Å². The first-order valence-corrected chi connectivity index (χ1v) is 8.50. The van der Waals surface area contributed by atoms with Gasteiger partial charge in [-0.3, -0.25) is 0 Å². The lowest BCUT2D eigenvalue weighted by Gasteiger charge is -2.29. The topological polar surface area (TPSA) is 9.23 Å². The molecule has 0 atom stereocenters. The van der Waals surface area contributed by atoms with Gasteiger partial charge in [-0.05, 0) is 54.5 Å². The van der Waals surface area contributed by atoms with Crippen molar-refractivity contribution in [2.75, 3.05) is 0 Å². The molecule has 0 spiro atoms. The largest absolute Gasteiger partial charge is 0.490 e. The summed E-state index contributed by atoms with van der Waals surface area (Å²) in [6, 6.07) is 14.9. The van der Waals surface area contributed by atoms with Crippen LogP contribution in [0, 0.1) is 5.92 Å². The average Bonchev–Trinajstić information content (AvgIpc) is 2.54. The molecule has 0 amide bonds. The van der Waals surface area contributed by atoms with E-state index in [0.29, 0.717) is 6.10 Å². The molecule has 21 heavy (non-hydrogen) atoms. The van der Waals surface area contributed by atoms with Crippen LogP contribution < -0.4 is 4.74 Å². The molecule has 1 aliphatic carbocycles. The molecule has 0 saturated heterocycles. The SMILES string of the molecule is CCCCC1CCC(Oc2ccc3ccccc3c2)CC1. The Labute approximate surface area is 128 Å². The minimum Gasteiger partial charge on any atom is -0.490 e. The maximum absolute atomic E-state index is 6.22. The maximum Gasteiger partial charge on any atom is 0.120 e. The Morgan fingerprint density at radius 2 is 1.71 bits per heavy atom. The Morgan fingerprint density at radius 1 is 0.952 bits per heavy atom. The number of ether oxygens (including phenoxy) is 1. The quantitative estimate of drug-likeness (QED) is 0.656. The number of hydrogen-bond acceptors (Lipinski definition) is 1. The second kappa shape index (κ2) is 6.98. The van der Waals surface area contributed by atoms with Crippen LogP contribution in [0.2, 0.25) is 0 Å². The van der Waals surface area contributed by atoms with E-state index in [9.17, 15) is 0 Å². The summed E-state index contributed by atoms with van der Waals surface area (Å²) in [5, 5.41) is 2.56. The van der Waals surface area contributed by atoms with Gasteiger partial charge in [-0.2, -0.15) is 0 Å². The Kier molecular flexibility index (Phi) is 4.80. The fourth-order valence-electron chi connectivity index (χ4n) is 3.46. The van der Waals surface area contributed by atoms with Crippen molar-refractivity contribution in [1.29, 1.82) is 0 Å². The number of unbranched alkanes of at least 4 members (excludes halogenated alkanes) is 1. The van der Waals surface area contributed by atoms with Crippen LogP contribution in [-0.4, -0.2) is 6.10 Å². The lowest BCUT2D eigenvalue weighted by Crippen LogP contribution is -2.24. The van der Waals surface area contributed by atoms with Gasteiger partial charge in [0.2, 0.25) is 0 Å². The lowest BCUT2D eigenvalue weighted by molar-refractivity contribution is 0.128. The van der Waals surface area contributed by atoms with Crippen molar-refractivity contribution in [2.45, 2.75) is 58.0 Å². The summed E-state index contributed by atoms with van der Waals surface area (Å²) in [5.41, 5.74) is 0. The smallest absolute Gasteiger partial charge is 0.120 e. The van der Waals surface area contributed by atoms with Gasteiger partial charge in [0.05, 0.1) is 6.10 Å². The third kappa shape index (κ3) is 3.78. The Hall–Kier alpha value is -1.50. The zero-order valence-electron chi connectivity index (χ0n) is 13.1. The highest BCUT2D eigenvalue weighted by Gasteiger charge is 2.21. The first-order valence-electron chi connectivity index (χ1n) is 8.50. The highest BCUT2D eigenvalue weighted by Crippen LogP contribution is 2.31. The van der Waals surface area contributed by atoms with Gasteiger partial charge in [-0.15, -0.1) is 0 Å². The molecule has 0 N–H and O–H groups in total. The first kappa shape index (κ1) is 14.4. The van der Waals surface area contributed by atoms with Crippen molar-refractivity contribution in [3.05, 3.63) is 42.5 Å². The Balaban J connectivity index is 1.56. The summed E-state index contributed by atoms with van der Waals surface area (Å²) >= 11 is 0. The van der Waals surface area contributed by atoms with Gasteiger partial charge in [0, 0.05) is 0 Å². The van der Waals surface area contributed by atoms with Crippen molar-refractivity contribution >= 4 is 10.8 Å². The summed E-state index contributed by atoms with van der Waals surface area (Å²) in [7, 11) is 0. The van der Waals surface area contributed by atoms with Crippen LogP contribution in [0.5, 0.6) is 5.75 Å². The summed E-state index contributed by atoms with van der Waals surface area (Å²) in [6.07, 6.45) is 9.69. The van der Waals surface area contributed by atoms with Gasteiger partial charge in [0.15, 0.2) is 0 Å². The van der Waals surface area contributed by atoms with Gasteiger partial charge in [-0.1, -0.05) is 56.5 Å². The molecular formula is C20H26O. The van der Waals surface area contributed by atoms with Crippen molar-refractivity contribution in [3.63, 3.8) is 0 Å². The molecule has 112 valence electrons. The van der Waals surface area contributed by atoms with E-state index in [4.69, 9.17) is 4.74 Å². The van der Waals surface area contributed by atoms with Crippen molar-refractivity contribution < 1.29 is 4.74 Å². The standard InChI is InChI=1S/C20H26O/c1-2-3-6-16-9-12-19(13-10-16)21-20-14-11-17-7-4-5-8-18(17)15-20/h4-5,7-8,11,14-16,19H,2-3,6,9-10,12-13H2,1H3. The van der Waals surface area contributed by atoms with Gasteiger partial charge >= 0.3 is 0 Å². The molecule has 2 aromatic rings. The predicted molar refractivity (Wildman–Crippen MR) is 89.8 cm³/mol. The zero-order chi connectivity index (χ0) is 14.5. The van der Waals surface area contributed by atoms with Crippen LogP contribution in [0.3, 0.4) is 0 Å². The van der Waals surface area contributed by atoms with Crippen molar-refractivity contribution in [3.8, 4) is 5.75 Å². The number of hydrogen-bond donors (Lipinski definition) is 0. The second-order valence-corrected chi connectivity index (χ2v) is 6.41. The van der Waals surface area contributed by atoms with E-state index in [0.717, 1.165) is 11.7 Å². The molecule has 2 aromatic carbocycles.